The lowest BCUT2D eigenvalue weighted by Crippen LogP contribution is -2.53. The fourth-order valence-electron chi connectivity index (χ4n) is 4.49. The highest BCUT2D eigenvalue weighted by atomic mass is 79.9. The van der Waals surface area contributed by atoms with Crippen LogP contribution in [0.4, 0.5) is 4.39 Å². The van der Waals surface area contributed by atoms with Crippen LogP contribution in [0.2, 0.25) is 0 Å². The van der Waals surface area contributed by atoms with E-state index in [4.69, 9.17) is 4.74 Å². The predicted octanol–water partition coefficient (Wildman–Crippen LogP) is 5.67. The quantitative estimate of drug-likeness (QED) is 0.352. The SMILES string of the molecule is O=C(NC1CCCC1)[C@H](Cc1ccccc1)N(Cc1ccc(Br)cc1)C(=O)COc1ccccc1F. The zero-order chi connectivity index (χ0) is 25.3. The largest absolute Gasteiger partial charge is 0.481 e. The summed E-state index contributed by atoms with van der Waals surface area (Å²) in [6, 6.07) is 22.7. The van der Waals surface area contributed by atoms with Gasteiger partial charge in [0.15, 0.2) is 18.2 Å². The summed E-state index contributed by atoms with van der Waals surface area (Å²) in [5.74, 6) is -1.10. The molecule has 0 spiro atoms. The van der Waals surface area contributed by atoms with Crippen LogP contribution in [0.1, 0.15) is 36.8 Å². The number of carbonyl (C=O) groups is 2. The van der Waals surface area contributed by atoms with E-state index in [1.165, 1.54) is 12.1 Å². The van der Waals surface area contributed by atoms with Crippen LogP contribution in [0, 0.1) is 5.82 Å². The first-order chi connectivity index (χ1) is 17.5. The molecule has 1 saturated carbocycles. The summed E-state index contributed by atoms with van der Waals surface area (Å²) >= 11 is 3.44. The summed E-state index contributed by atoms with van der Waals surface area (Å²) in [5, 5.41) is 3.17. The van der Waals surface area contributed by atoms with Gasteiger partial charge in [0, 0.05) is 23.5 Å². The van der Waals surface area contributed by atoms with E-state index in [2.05, 4.69) is 21.2 Å². The normalized spacial score (nSPS) is 14.3. The molecule has 1 N–H and O–H groups in total. The Kier molecular flexibility index (Phi) is 9.11. The molecule has 0 aromatic heterocycles. The van der Waals surface area contributed by atoms with E-state index in [0.29, 0.717) is 6.42 Å². The van der Waals surface area contributed by atoms with Gasteiger partial charge in [-0.3, -0.25) is 9.59 Å². The summed E-state index contributed by atoms with van der Waals surface area (Å²) in [7, 11) is 0. The maximum Gasteiger partial charge on any atom is 0.261 e. The molecule has 0 unspecified atom stereocenters. The average Bonchev–Trinajstić information content (AvgIpc) is 3.40. The molecule has 0 heterocycles. The van der Waals surface area contributed by atoms with E-state index < -0.39 is 11.9 Å². The third kappa shape index (κ3) is 7.17. The van der Waals surface area contributed by atoms with Gasteiger partial charge in [-0.2, -0.15) is 0 Å². The highest BCUT2D eigenvalue weighted by molar-refractivity contribution is 9.10. The molecule has 2 amide bonds. The van der Waals surface area contributed by atoms with Crippen molar-refractivity contribution in [3.05, 3.63) is 100 Å². The molecule has 3 aromatic carbocycles. The Bertz CT molecular complexity index is 1150. The van der Waals surface area contributed by atoms with Gasteiger partial charge in [-0.1, -0.05) is 83.4 Å². The third-order valence-electron chi connectivity index (χ3n) is 6.43. The van der Waals surface area contributed by atoms with Crippen LogP contribution in [0.5, 0.6) is 5.75 Å². The topological polar surface area (TPSA) is 58.6 Å². The van der Waals surface area contributed by atoms with Crippen LogP contribution in [0.25, 0.3) is 0 Å². The lowest BCUT2D eigenvalue weighted by molar-refractivity contribution is -0.143. The van der Waals surface area contributed by atoms with Crippen molar-refractivity contribution in [3.8, 4) is 5.75 Å². The van der Waals surface area contributed by atoms with Crippen molar-refractivity contribution in [2.45, 2.75) is 50.7 Å². The van der Waals surface area contributed by atoms with Gasteiger partial charge in [0.05, 0.1) is 0 Å². The van der Waals surface area contributed by atoms with E-state index in [0.717, 1.165) is 41.3 Å². The Morgan fingerprint density at radius 1 is 0.944 bits per heavy atom. The number of benzene rings is 3. The monoisotopic (exact) mass is 552 g/mol. The van der Waals surface area contributed by atoms with E-state index >= 15 is 0 Å². The molecular weight excluding hydrogens is 523 g/mol. The van der Waals surface area contributed by atoms with Crippen LogP contribution in [-0.2, 0) is 22.6 Å². The van der Waals surface area contributed by atoms with Crippen molar-refractivity contribution in [2.75, 3.05) is 6.61 Å². The minimum Gasteiger partial charge on any atom is -0.481 e. The van der Waals surface area contributed by atoms with E-state index in [1.807, 2.05) is 54.6 Å². The molecule has 188 valence electrons. The molecule has 4 rings (SSSR count). The number of carbonyl (C=O) groups excluding carboxylic acids is 2. The minimum absolute atomic E-state index is 0.00413. The Hall–Kier alpha value is -3.19. The lowest BCUT2D eigenvalue weighted by atomic mass is 10.0. The van der Waals surface area contributed by atoms with Gasteiger partial charge >= 0.3 is 0 Å². The summed E-state index contributed by atoms with van der Waals surface area (Å²) in [4.78, 5) is 28.7. The fourth-order valence-corrected chi connectivity index (χ4v) is 4.76. The predicted molar refractivity (Wildman–Crippen MR) is 141 cm³/mol. The number of nitrogens with zero attached hydrogens (tertiary/aromatic N) is 1. The number of halogens is 2. The van der Waals surface area contributed by atoms with E-state index in [1.54, 1.807) is 17.0 Å². The molecule has 0 saturated heterocycles. The van der Waals surface area contributed by atoms with E-state index in [9.17, 15) is 14.0 Å². The third-order valence-corrected chi connectivity index (χ3v) is 6.96. The Balaban J connectivity index is 1.61. The first kappa shape index (κ1) is 25.9. The van der Waals surface area contributed by atoms with Crippen molar-refractivity contribution < 1.29 is 18.7 Å². The van der Waals surface area contributed by atoms with Gasteiger partial charge in [-0.05, 0) is 48.2 Å². The smallest absolute Gasteiger partial charge is 0.261 e. The van der Waals surface area contributed by atoms with Crippen LogP contribution >= 0.6 is 15.9 Å². The molecule has 3 aromatic rings. The van der Waals surface area contributed by atoms with Crippen molar-refractivity contribution in [1.82, 2.24) is 10.2 Å². The number of nitrogens with one attached hydrogen (secondary N) is 1. The fraction of sp³-hybridized carbons (Fsp3) is 0.310. The molecule has 5 nitrogen and oxygen atoms in total. The molecule has 36 heavy (non-hydrogen) atoms. The van der Waals surface area contributed by atoms with Gasteiger partial charge in [0.2, 0.25) is 5.91 Å². The highest BCUT2D eigenvalue weighted by Crippen LogP contribution is 2.21. The zero-order valence-electron chi connectivity index (χ0n) is 20.0. The summed E-state index contributed by atoms with van der Waals surface area (Å²) in [6.07, 6.45) is 4.43. The number of para-hydroxylation sites is 1. The Morgan fingerprint density at radius 2 is 1.61 bits per heavy atom. The van der Waals surface area contributed by atoms with Crippen molar-refractivity contribution in [1.29, 1.82) is 0 Å². The molecule has 1 aliphatic carbocycles. The second kappa shape index (κ2) is 12.7. The maximum absolute atomic E-state index is 14.1. The molecule has 1 atom stereocenters. The molecule has 1 fully saturated rings. The molecule has 0 aliphatic heterocycles. The zero-order valence-corrected chi connectivity index (χ0v) is 21.6. The van der Waals surface area contributed by atoms with Crippen molar-refractivity contribution >= 4 is 27.7 Å². The Morgan fingerprint density at radius 3 is 2.31 bits per heavy atom. The molecule has 7 heteroatoms. The average molecular weight is 553 g/mol. The second-order valence-corrected chi connectivity index (χ2v) is 9.98. The van der Waals surface area contributed by atoms with Gasteiger partial charge < -0.3 is 15.0 Å². The lowest BCUT2D eigenvalue weighted by Gasteiger charge is -2.32. The highest BCUT2D eigenvalue weighted by Gasteiger charge is 2.32. The molecule has 0 bridgehead atoms. The minimum atomic E-state index is -0.742. The molecule has 0 radical (unpaired) electrons. The van der Waals surface area contributed by atoms with Crippen molar-refractivity contribution in [3.63, 3.8) is 0 Å². The summed E-state index contributed by atoms with van der Waals surface area (Å²) in [5.41, 5.74) is 1.83. The maximum atomic E-state index is 14.1. The van der Waals surface area contributed by atoms with Crippen LogP contribution in [-0.4, -0.2) is 35.4 Å². The molecule has 1 aliphatic rings. The Labute approximate surface area is 219 Å². The van der Waals surface area contributed by atoms with Gasteiger partial charge in [0.1, 0.15) is 6.04 Å². The number of rotatable bonds is 10. The summed E-state index contributed by atoms with van der Waals surface area (Å²) < 4.78 is 20.6. The van der Waals surface area contributed by atoms with Crippen molar-refractivity contribution in [2.24, 2.45) is 0 Å². The van der Waals surface area contributed by atoms with Gasteiger partial charge in [-0.15, -0.1) is 0 Å². The van der Waals surface area contributed by atoms with Gasteiger partial charge in [-0.25, -0.2) is 4.39 Å². The van der Waals surface area contributed by atoms with Crippen LogP contribution < -0.4 is 10.1 Å². The van der Waals surface area contributed by atoms with Crippen LogP contribution in [0.15, 0.2) is 83.3 Å². The first-order valence-corrected chi connectivity index (χ1v) is 13.0. The molecular formula is C29H30BrFN2O3. The van der Waals surface area contributed by atoms with E-state index in [-0.39, 0.29) is 36.8 Å². The number of hydrogen-bond donors (Lipinski definition) is 1. The number of hydrogen-bond acceptors (Lipinski definition) is 3. The standard InChI is InChI=1S/C29H30BrFN2O3/c30-23-16-14-22(15-17-23)19-33(28(34)20-36-27-13-7-6-12-25(27)31)26(18-21-8-2-1-3-9-21)29(35)32-24-10-4-5-11-24/h1-3,6-9,12-17,24,26H,4-5,10-11,18-20H2,(H,32,35)/t26-/m0/s1. The number of amides is 2. The van der Waals surface area contributed by atoms with Gasteiger partial charge in [0.25, 0.3) is 5.91 Å². The summed E-state index contributed by atoms with van der Waals surface area (Å²) in [6.45, 7) is -0.151. The second-order valence-electron chi connectivity index (χ2n) is 9.06. The number of ether oxygens (including phenoxy) is 1. The first-order valence-electron chi connectivity index (χ1n) is 12.2. The van der Waals surface area contributed by atoms with Crippen LogP contribution in [0.3, 0.4) is 0 Å².